The van der Waals surface area contributed by atoms with E-state index in [-0.39, 0.29) is 17.8 Å². The van der Waals surface area contributed by atoms with Crippen molar-refractivity contribution in [3.8, 4) is 17.1 Å². The molecule has 4 N–H and O–H groups in total. The molecule has 0 radical (unpaired) electrons. The van der Waals surface area contributed by atoms with E-state index in [1.165, 1.54) is 0 Å². The summed E-state index contributed by atoms with van der Waals surface area (Å²) >= 11 is 0. The standard InChI is InChI=1S/C24H24N6O2/c25-22(31)17(14-2-3-14)8-13-9-19-21-20(10-13)32-7-1-6-30(21)23(28-19)15-4-5-18-16(11-15)12-27-24(26)29-18/h4-5,9-12,14,17H,1-3,6-8H2,(H2,25,31)(H2,26,27,29)/t17-/m0/s1. The van der Waals surface area contributed by atoms with Gasteiger partial charge in [0, 0.05) is 29.6 Å². The molecule has 1 aliphatic carbocycles. The normalized spacial score (nSPS) is 16.6. The number of aromatic nitrogens is 4. The lowest BCUT2D eigenvalue weighted by molar-refractivity contribution is -0.122. The Morgan fingerprint density at radius 2 is 2.06 bits per heavy atom. The molecule has 32 heavy (non-hydrogen) atoms. The molecular formula is C24H24N6O2. The van der Waals surface area contributed by atoms with E-state index in [9.17, 15) is 4.79 Å². The fourth-order valence-corrected chi connectivity index (χ4v) is 4.80. The van der Waals surface area contributed by atoms with Gasteiger partial charge < -0.3 is 20.8 Å². The van der Waals surface area contributed by atoms with Gasteiger partial charge in [-0.25, -0.2) is 15.0 Å². The van der Waals surface area contributed by atoms with Crippen molar-refractivity contribution in [2.24, 2.45) is 17.6 Å². The fourth-order valence-electron chi connectivity index (χ4n) is 4.80. The molecule has 2 aromatic heterocycles. The lowest BCUT2D eigenvalue weighted by Crippen LogP contribution is -2.26. The maximum absolute atomic E-state index is 12.0. The lowest BCUT2D eigenvalue weighted by Gasteiger charge is -2.13. The van der Waals surface area contributed by atoms with Crippen LogP contribution in [0.25, 0.3) is 33.3 Å². The van der Waals surface area contributed by atoms with Crippen LogP contribution in [0.4, 0.5) is 5.95 Å². The highest BCUT2D eigenvalue weighted by atomic mass is 16.5. The van der Waals surface area contributed by atoms with Gasteiger partial charge in [-0.05, 0) is 67.5 Å². The number of nitrogens with two attached hydrogens (primary N) is 2. The van der Waals surface area contributed by atoms with Crippen molar-refractivity contribution in [3.05, 3.63) is 42.1 Å². The molecule has 1 aliphatic heterocycles. The number of carbonyl (C=O) groups excluding carboxylic acids is 1. The highest BCUT2D eigenvalue weighted by Crippen LogP contribution is 2.40. The highest BCUT2D eigenvalue weighted by Gasteiger charge is 2.35. The topological polar surface area (TPSA) is 122 Å². The first-order valence-electron chi connectivity index (χ1n) is 11.0. The van der Waals surface area contributed by atoms with Gasteiger partial charge in [-0.1, -0.05) is 0 Å². The van der Waals surface area contributed by atoms with Crippen LogP contribution in [-0.4, -0.2) is 32.0 Å². The van der Waals surface area contributed by atoms with Gasteiger partial charge in [0.25, 0.3) is 0 Å². The second-order valence-electron chi connectivity index (χ2n) is 8.80. The number of nitrogen functional groups attached to an aromatic ring is 1. The molecule has 162 valence electrons. The molecule has 0 unspecified atom stereocenters. The van der Waals surface area contributed by atoms with E-state index in [4.69, 9.17) is 21.2 Å². The molecule has 1 amide bonds. The SMILES string of the molecule is NC(=O)[C@@H](Cc1cc2c3c(c1)nc(-c1ccc4nc(N)ncc4c1)n3CCCO2)C1CC1. The second kappa shape index (κ2) is 7.19. The minimum atomic E-state index is -0.218. The van der Waals surface area contributed by atoms with Gasteiger partial charge in [-0.3, -0.25) is 4.79 Å². The summed E-state index contributed by atoms with van der Waals surface area (Å²) in [6.07, 6.45) is 5.41. The third-order valence-electron chi connectivity index (χ3n) is 6.52. The Bertz CT molecular complexity index is 1370. The van der Waals surface area contributed by atoms with Crippen LogP contribution in [0.5, 0.6) is 5.75 Å². The Morgan fingerprint density at radius 3 is 2.88 bits per heavy atom. The first-order chi connectivity index (χ1) is 15.6. The Kier molecular flexibility index (Phi) is 4.28. The number of hydrogen-bond acceptors (Lipinski definition) is 6. The number of hydrogen-bond donors (Lipinski definition) is 2. The van der Waals surface area contributed by atoms with E-state index in [0.717, 1.165) is 70.4 Å². The van der Waals surface area contributed by atoms with E-state index in [1.54, 1.807) is 6.20 Å². The summed E-state index contributed by atoms with van der Waals surface area (Å²) in [7, 11) is 0. The molecule has 1 fully saturated rings. The van der Waals surface area contributed by atoms with Crippen molar-refractivity contribution < 1.29 is 9.53 Å². The Morgan fingerprint density at radius 1 is 1.19 bits per heavy atom. The average Bonchev–Trinajstić information content (AvgIpc) is 3.57. The van der Waals surface area contributed by atoms with Crippen LogP contribution in [0.2, 0.25) is 0 Å². The number of carbonyl (C=O) groups is 1. The quantitative estimate of drug-likeness (QED) is 0.504. The fraction of sp³-hybridized carbons (Fsp3) is 0.333. The molecule has 2 aliphatic rings. The Labute approximate surface area is 184 Å². The highest BCUT2D eigenvalue weighted by molar-refractivity contribution is 5.89. The van der Waals surface area contributed by atoms with Gasteiger partial charge in [0.2, 0.25) is 11.9 Å². The van der Waals surface area contributed by atoms with Crippen LogP contribution in [0.1, 0.15) is 24.8 Å². The molecule has 0 spiro atoms. The summed E-state index contributed by atoms with van der Waals surface area (Å²) in [6.45, 7) is 1.47. The van der Waals surface area contributed by atoms with Crippen LogP contribution in [0, 0.1) is 11.8 Å². The first kappa shape index (κ1) is 19.0. The van der Waals surface area contributed by atoms with Gasteiger partial charge in [0.15, 0.2) is 0 Å². The van der Waals surface area contributed by atoms with Crippen LogP contribution in [0.3, 0.4) is 0 Å². The zero-order chi connectivity index (χ0) is 21.8. The van der Waals surface area contributed by atoms with Crippen molar-refractivity contribution in [1.82, 2.24) is 19.5 Å². The minimum absolute atomic E-state index is 0.125. The number of fused-ring (bicyclic) bond motifs is 1. The molecule has 3 heterocycles. The van der Waals surface area contributed by atoms with Crippen molar-refractivity contribution in [3.63, 3.8) is 0 Å². The minimum Gasteiger partial charge on any atom is -0.491 e. The summed E-state index contributed by atoms with van der Waals surface area (Å²) < 4.78 is 8.33. The predicted molar refractivity (Wildman–Crippen MR) is 122 cm³/mol. The van der Waals surface area contributed by atoms with Gasteiger partial charge in [-0.15, -0.1) is 0 Å². The monoisotopic (exact) mass is 428 g/mol. The smallest absolute Gasteiger partial charge is 0.221 e. The zero-order valence-electron chi connectivity index (χ0n) is 17.6. The number of anilines is 1. The van der Waals surface area contributed by atoms with Gasteiger partial charge >= 0.3 is 0 Å². The molecule has 1 atom stereocenters. The second-order valence-corrected chi connectivity index (χ2v) is 8.80. The van der Waals surface area contributed by atoms with Crippen LogP contribution < -0.4 is 16.2 Å². The van der Waals surface area contributed by atoms with Crippen molar-refractivity contribution in [2.75, 3.05) is 12.3 Å². The summed E-state index contributed by atoms with van der Waals surface area (Å²) in [5.74, 6) is 2.04. The largest absolute Gasteiger partial charge is 0.491 e. The molecule has 2 aromatic carbocycles. The van der Waals surface area contributed by atoms with E-state index in [2.05, 4.69) is 26.7 Å². The average molecular weight is 428 g/mol. The van der Waals surface area contributed by atoms with Crippen molar-refractivity contribution in [2.45, 2.75) is 32.2 Å². The van der Waals surface area contributed by atoms with Crippen LogP contribution in [-0.2, 0) is 17.8 Å². The first-order valence-corrected chi connectivity index (χ1v) is 11.0. The summed E-state index contributed by atoms with van der Waals surface area (Å²) in [5, 5.41) is 0.913. The van der Waals surface area contributed by atoms with E-state index in [1.807, 2.05) is 18.2 Å². The van der Waals surface area contributed by atoms with Crippen molar-refractivity contribution >= 4 is 33.8 Å². The van der Waals surface area contributed by atoms with Gasteiger partial charge in [0.1, 0.15) is 17.1 Å². The summed E-state index contributed by atoms with van der Waals surface area (Å²) in [6, 6.07) is 10.1. The Hall–Kier alpha value is -3.68. The molecule has 8 heteroatoms. The van der Waals surface area contributed by atoms with Crippen LogP contribution in [0.15, 0.2) is 36.5 Å². The third kappa shape index (κ3) is 3.23. The summed E-state index contributed by atoms with van der Waals surface area (Å²) in [4.78, 5) is 25.4. The molecule has 6 rings (SSSR count). The number of amides is 1. The maximum Gasteiger partial charge on any atom is 0.221 e. The molecule has 1 saturated carbocycles. The molecule has 8 nitrogen and oxygen atoms in total. The van der Waals surface area contributed by atoms with Crippen molar-refractivity contribution in [1.29, 1.82) is 0 Å². The number of rotatable bonds is 5. The van der Waals surface area contributed by atoms with E-state index >= 15 is 0 Å². The third-order valence-corrected chi connectivity index (χ3v) is 6.52. The van der Waals surface area contributed by atoms with E-state index in [0.29, 0.717) is 18.9 Å². The lowest BCUT2D eigenvalue weighted by atomic mass is 9.94. The van der Waals surface area contributed by atoms with Gasteiger partial charge in [0.05, 0.1) is 17.6 Å². The maximum atomic E-state index is 12.0. The zero-order valence-corrected chi connectivity index (χ0v) is 17.6. The summed E-state index contributed by atoms with van der Waals surface area (Å²) in [5.41, 5.74) is 16.1. The molecule has 0 bridgehead atoms. The van der Waals surface area contributed by atoms with E-state index < -0.39 is 0 Å². The molecular weight excluding hydrogens is 404 g/mol. The number of aryl methyl sites for hydroxylation is 1. The number of primary amides is 1. The Balaban J connectivity index is 1.47. The number of imidazole rings is 1. The molecule has 4 aromatic rings. The van der Waals surface area contributed by atoms with Gasteiger partial charge in [-0.2, -0.15) is 0 Å². The molecule has 0 saturated heterocycles. The number of nitrogens with zero attached hydrogens (tertiary/aromatic N) is 4. The predicted octanol–water partition coefficient (Wildman–Crippen LogP) is 3.07. The number of ether oxygens (including phenoxy) is 1. The van der Waals surface area contributed by atoms with Crippen LogP contribution >= 0.6 is 0 Å². The number of benzene rings is 2.